The minimum atomic E-state index is -0.911. The van der Waals surface area contributed by atoms with Crippen LogP contribution in [0.15, 0.2) is 48.5 Å². The maximum absolute atomic E-state index is 12.0. The Labute approximate surface area is 146 Å². The van der Waals surface area contributed by atoms with Crippen LogP contribution in [0.25, 0.3) is 0 Å². The standard InChI is InChI=1S/C20H21NO4/c1-25-18-4-2-3-15(11-18)6-5-14-7-9-17(10-8-14)21-13-16(20(23)24)12-19(21)22/h2-4,7-11,16H,5-6,12-13H2,1H3,(H,23,24)/t16-/m0/s1. The van der Waals surface area contributed by atoms with Gasteiger partial charge in [0.25, 0.3) is 0 Å². The summed E-state index contributed by atoms with van der Waals surface area (Å²) in [5, 5.41) is 9.07. The van der Waals surface area contributed by atoms with Crippen molar-refractivity contribution in [1.29, 1.82) is 0 Å². The molecule has 3 rings (SSSR count). The predicted octanol–water partition coefficient (Wildman–Crippen LogP) is 2.92. The fourth-order valence-corrected chi connectivity index (χ4v) is 3.08. The zero-order valence-electron chi connectivity index (χ0n) is 14.1. The highest BCUT2D eigenvalue weighted by Crippen LogP contribution is 2.26. The first-order chi connectivity index (χ1) is 12.1. The van der Waals surface area contributed by atoms with E-state index >= 15 is 0 Å². The molecule has 1 amide bonds. The van der Waals surface area contributed by atoms with Gasteiger partial charge in [0.15, 0.2) is 0 Å². The highest BCUT2D eigenvalue weighted by molar-refractivity contribution is 5.99. The first-order valence-corrected chi connectivity index (χ1v) is 8.32. The van der Waals surface area contributed by atoms with Crippen LogP contribution in [0.3, 0.4) is 0 Å². The van der Waals surface area contributed by atoms with Gasteiger partial charge in [-0.25, -0.2) is 0 Å². The van der Waals surface area contributed by atoms with Crippen LogP contribution < -0.4 is 9.64 Å². The number of amides is 1. The average Bonchev–Trinajstić information content (AvgIpc) is 3.03. The molecule has 0 aromatic heterocycles. The normalized spacial score (nSPS) is 16.9. The second kappa shape index (κ2) is 7.38. The van der Waals surface area contributed by atoms with E-state index in [1.54, 1.807) is 12.0 Å². The molecule has 2 aromatic rings. The van der Waals surface area contributed by atoms with Gasteiger partial charge in [-0.2, -0.15) is 0 Å². The molecule has 130 valence electrons. The van der Waals surface area contributed by atoms with Crippen LogP contribution in [-0.2, 0) is 22.4 Å². The van der Waals surface area contributed by atoms with E-state index in [4.69, 9.17) is 9.84 Å². The van der Waals surface area contributed by atoms with Crippen molar-refractivity contribution in [3.05, 3.63) is 59.7 Å². The Kier molecular flexibility index (Phi) is 5.03. The Bertz CT molecular complexity index is 770. The van der Waals surface area contributed by atoms with Crippen LogP contribution >= 0.6 is 0 Å². The van der Waals surface area contributed by atoms with Gasteiger partial charge in [0.2, 0.25) is 5.91 Å². The Morgan fingerprint density at radius 2 is 1.88 bits per heavy atom. The summed E-state index contributed by atoms with van der Waals surface area (Å²) in [6, 6.07) is 15.8. The number of anilines is 1. The Hall–Kier alpha value is -2.82. The number of carboxylic acids is 1. The number of methoxy groups -OCH3 is 1. The van der Waals surface area contributed by atoms with E-state index in [1.807, 2.05) is 42.5 Å². The molecule has 25 heavy (non-hydrogen) atoms. The Morgan fingerprint density at radius 3 is 2.52 bits per heavy atom. The molecule has 1 atom stereocenters. The van der Waals surface area contributed by atoms with Crippen molar-refractivity contribution < 1.29 is 19.4 Å². The van der Waals surface area contributed by atoms with Crippen LogP contribution in [0.5, 0.6) is 5.75 Å². The fraction of sp³-hybridized carbons (Fsp3) is 0.300. The molecule has 1 fully saturated rings. The molecule has 0 radical (unpaired) electrons. The maximum Gasteiger partial charge on any atom is 0.308 e. The lowest BCUT2D eigenvalue weighted by Crippen LogP contribution is -2.25. The van der Waals surface area contributed by atoms with Gasteiger partial charge >= 0.3 is 5.97 Å². The number of carbonyl (C=O) groups excluding carboxylic acids is 1. The van der Waals surface area contributed by atoms with E-state index in [1.165, 1.54) is 11.1 Å². The van der Waals surface area contributed by atoms with Gasteiger partial charge in [-0.15, -0.1) is 0 Å². The number of nitrogens with zero attached hydrogens (tertiary/aromatic N) is 1. The van der Waals surface area contributed by atoms with E-state index in [2.05, 4.69) is 6.07 Å². The number of hydrogen-bond donors (Lipinski definition) is 1. The quantitative estimate of drug-likeness (QED) is 0.879. The molecule has 0 unspecified atom stereocenters. The van der Waals surface area contributed by atoms with Gasteiger partial charge in [0.1, 0.15) is 5.75 Å². The monoisotopic (exact) mass is 339 g/mol. The van der Waals surface area contributed by atoms with Gasteiger partial charge in [-0.3, -0.25) is 9.59 Å². The van der Waals surface area contributed by atoms with E-state index in [0.717, 1.165) is 24.3 Å². The van der Waals surface area contributed by atoms with Crippen molar-refractivity contribution in [1.82, 2.24) is 0 Å². The number of ether oxygens (including phenoxy) is 1. The van der Waals surface area contributed by atoms with Crippen LogP contribution in [0, 0.1) is 5.92 Å². The maximum atomic E-state index is 12.0. The predicted molar refractivity (Wildman–Crippen MR) is 94.9 cm³/mol. The Balaban J connectivity index is 1.62. The third-order valence-corrected chi connectivity index (χ3v) is 4.56. The van der Waals surface area contributed by atoms with Gasteiger partial charge in [-0.05, 0) is 48.2 Å². The summed E-state index contributed by atoms with van der Waals surface area (Å²) in [6.45, 7) is 0.247. The first-order valence-electron chi connectivity index (χ1n) is 8.32. The summed E-state index contributed by atoms with van der Waals surface area (Å²) in [4.78, 5) is 24.6. The molecular weight excluding hydrogens is 318 g/mol. The van der Waals surface area contributed by atoms with E-state index in [9.17, 15) is 9.59 Å². The minimum Gasteiger partial charge on any atom is -0.497 e. The summed E-state index contributed by atoms with van der Waals surface area (Å²) >= 11 is 0. The smallest absolute Gasteiger partial charge is 0.308 e. The molecule has 1 heterocycles. The van der Waals surface area contributed by atoms with Crippen LogP contribution in [0.2, 0.25) is 0 Å². The topological polar surface area (TPSA) is 66.8 Å². The number of aliphatic carboxylic acids is 1. The zero-order chi connectivity index (χ0) is 17.8. The molecule has 1 aliphatic heterocycles. The number of carbonyl (C=O) groups is 2. The molecule has 5 heteroatoms. The third-order valence-electron chi connectivity index (χ3n) is 4.56. The van der Waals surface area contributed by atoms with Crippen molar-refractivity contribution in [2.75, 3.05) is 18.6 Å². The van der Waals surface area contributed by atoms with Gasteiger partial charge in [0.05, 0.1) is 13.0 Å². The molecule has 0 saturated carbocycles. The first kappa shape index (κ1) is 17.0. The number of rotatable bonds is 6. The number of aryl methyl sites for hydroxylation is 2. The van der Waals surface area contributed by atoms with E-state index < -0.39 is 11.9 Å². The van der Waals surface area contributed by atoms with Gasteiger partial charge in [-0.1, -0.05) is 24.3 Å². The minimum absolute atomic E-state index is 0.0763. The average molecular weight is 339 g/mol. The lowest BCUT2D eigenvalue weighted by Gasteiger charge is -2.16. The number of carboxylic acid groups (broad SMARTS) is 1. The fourth-order valence-electron chi connectivity index (χ4n) is 3.08. The molecule has 0 spiro atoms. The Morgan fingerprint density at radius 1 is 1.16 bits per heavy atom. The van der Waals surface area contributed by atoms with Crippen molar-refractivity contribution in [3.63, 3.8) is 0 Å². The summed E-state index contributed by atoms with van der Waals surface area (Å²) < 4.78 is 5.24. The van der Waals surface area contributed by atoms with Crippen molar-refractivity contribution in [2.24, 2.45) is 5.92 Å². The summed E-state index contributed by atoms with van der Waals surface area (Å²) in [5.74, 6) is -0.795. The van der Waals surface area contributed by atoms with Crippen molar-refractivity contribution >= 4 is 17.6 Å². The molecule has 5 nitrogen and oxygen atoms in total. The summed E-state index contributed by atoms with van der Waals surface area (Å²) in [5.41, 5.74) is 3.15. The van der Waals surface area contributed by atoms with Crippen LogP contribution in [0.1, 0.15) is 17.5 Å². The molecule has 1 aliphatic rings. The molecule has 0 aliphatic carbocycles. The number of hydrogen-bond acceptors (Lipinski definition) is 3. The van der Waals surface area contributed by atoms with Crippen molar-refractivity contribution in [2.45, 2.75) is 19.3 Å². The molecule has 2 aromatic carbocycles. The van der Waals surface area contributed by atoms with Crippen molar-refractivity contribution in [3.8, 4) is 5.75 Å². The van der Waals surface area contributed by atoms with Crippen LogP contribution in [-0.4, -0.2) is 30.6 Å². The highest BCUT2D eigenvalue weighted by atomic mass is 16.5. The van der Waals surface area contributed by atoms with Gasteiger partial charge < -0.3 is 14.7 Å². The third kappa shape index (κ3) is 3.99. The lowest BCUT2D eigenvalue weighted by molar-refractivity contribution is -0.141. The molecule has 1 N–H and O–H groups in total. The lowest BCUT2D eigenvalue weighted by atomic mass is 10.0. The molecule has 0 bridgehead atoms. The largest absolute Gasteiger partial charge is 0.497 e. The highest BCUT2D eigenvalue weighted by Gasteiger charge is 2.34. The van der Waals surface area contributed by atoms with E-state index in [0.29, 0.717) is 0 Å². The summed E-state index contributed by atoms with van der Waals surface area (Å²) in [6.07, 6.45) is 1.87. The van der Waals surface area contributed by atoms with Crippen LogP contribution in [0.4, 0.5) is 5.69 Å². The second-order valence-electron chi connectivity index (χ2n) is 6.26. The van der Waals surface area contributed by atoms with Gasteiger partial charge in [0, 0.05) is 18.7 Å². The number of benzene rings is 2. The van der Waals surface area contributed by atoms with E-state index in [-0.39, 0.29) is 18.9 Å². The second-order valence-corrected chi connectivity index (χ2v) is 6.26. The zero-order valence-corrected chi connectivity index (χ0v) is 14.1. The molecule has 1 saturated heterocycles. The SMILES string of the molecule is COc1cccc(CCc2ccc(N3C[C@@H](C(=O)O)CC3=O)cc2)c1. The molecular formula is C20H21NO4. The summed E-state index contributed by atoms with van der Waals surface area (Å²) in [7, 11) is 1.66.